The number of alkyl halides is 3. The number of hydrogen-bond acceptors (Lipinski definition) is 2. The number of rotatable bonds is 2. The summed E-state index contributed by atoms with van der Waals surface area (Å²) in [5.41, 5.74) is -0.421. The van der Waals surface area contributed by atoms with Crippen LogP contribution >= 0.6 is 0 Å². The molecule has 1 aliphatic heterocycles. The van der Waals surface area contributed by atoms with Gasteiger partial charge in [0.25, 0.3) is 0 Å². The lowest BCUT2D eigenvalue weighted by Gasteiger charge is -2.43. The molecular formula is C11H16F3NO3. The van der Waals surface area contributed by atoms with Crippen LogP contribution in [0.4, 0.5) is 13.2 Å². The third kappa shape index (κ3) is 3.61. The molecular weight excluding hydrogens is 251 g/mol. The standard InChI is InChI=1S/C11H16F3NO3/c1-10(2)4-3-7(5-8(16)17)15(6-10)9(18)11(12,13)14/h7H,3-6H2,1-2H3,(H,16,17). The van der Waals surface area contributed by atoms with Crippen molar-refractivity contribution in [3.63, 3.8) is 0 Å². The van der Waals surface area contributed by atoms with Gasteiger partial charge in [-0.3, -0.25) is 9.59 Å². The minimum atomic E-state index is -4.95. The second-order valence-corrected chi connectivity index (χ2v) is 5.39. The van der Waals surface area contributed by atoms with Crippen molar-refractivity contribution in [2.45, 2.75) is 45.3 Å². The number of piperidine rings is 1. The zero-order valence-electron chi connectivity index (χ0n) is 10.3. The quantitative estimate of drug-likeness (QED) is 0.833. The van der Waals surface area contributed by atoms with Crippen molar-refractivity contribution in [2.75, 3.05) is 6.54 Å². The summed E-state index contributed by atoms with van der Waals surface area (Å²) in [6.07, 6.45) is -4.52. The third-order valence-corrected chi connectivity index (χ3v) is 3.11. The Kier molecular flexibility index (Phi) is 3.92. The van der Waals surface area contributed by atoms with Gasteiger partial charge in [0.05, 0.1) is 6.42 Å². The van der Waals surface area contributed by atoms with E-state index in [4.69, 9.17) is 5.11 Å². The molecule has 18 heavy (non-hydrogen) atoms. The lowest BCUT2D eigenvalue weighted by molar-refractivity contribution is -0.192. The van der Waals surface area contributed by atoms with Crippen molar-refractivity contribution in [2.24, 2.45) is 5.41 Å². The maximum absolute atomic E-state index is 12.5. The second-order valence-electron chi connectivity index (χ2n) is 5.39. The molecule has 0 aromatic heterocycles. The van der Waals surface area contributed by atoms with Crippen molar-refractivity contribution >= 4 is 11.9 Å². The molecule has 1 heterocycles. The van der Waals surface area contributed by atoms with Crippen molar-refractivity contribution in [1.82, 2.24) is 4.90 Å². The third-order valence-electron chi connectivity index (χ3n) is 3.11. The zero-order valence-corrected chi connectivity index (χ0v) is 10.3. The highest BCUT2D eigenvalue weighted by Crippen LogP contribution is 2.35. The van der Waals surface area contributed by atoms with E-state index < -0.39 is 35.9 Å². The SMILES string of the molecule is CC1(C)CCC(CC(=O)O)N(C(=O)C(F)(F)F)C1. The van der Waals surface area contributed by atoms with Crippen LogP contribution in [0, 0.1) is 5.41 Å². The molecule has 0 saturated carbocycles. The summed E-state index contributed by atoms with van der Waals surface area (Å²) in [6.45, 7) is 3.46. The van der Waals surface area contributed by atoms with Gasteiger partial charge in [-0.25, -0.2) is 0 Å². The molecule has 0 aromatic rings. The van der Waals surface area contributed by atoms with Crippen LogP contribution in [0.2, 0.25) is 0 Å². The van der Waals surface area contributed by atoms with E-state index in [9.17, 15) is 22.8 Å². The maximum atomic E-state index is 12.5. The van der Waals surface area contributed by atoms with E-state index in [-0.39, 0.29) is 13.0 Å². The lowest BCUT2D eigenvalue weighted by atomic mass is 9.80. The number of carbonyl (C=O) groups is 2. The number of nitrogens with zero attached hydrogens (tertiary/aromatic N) is 1. The van der Waals surface area contributed by atoms with Gasteiger partial charge in [0.2, 0.25) is 0 Å². The van der Waals surface area contributed by atoms with Crippen LogP contribution in [0.15, 0.2) is 0 Å². The van der Waals surface area contributed by atoms with Crippen LogP contribution in [-0.2, 0) is 9.59 Å². The van der Waals surface area contributed by atoms with Gasteiger partial charge in [0.1, 0.15) is 0 Å². The summed E-state index contributed by atoms with van der Waals surface area (Å²) >= 11 is 0. The van der Waals surface area contributed by atoms with Crippen LogP contribution in [0.3, 0.4) is 0 Å². The smallest absolute Gasteiger partial charge is 0.471 e. The highest BCUT2D eigenvalue weighted by atomic mass is 19.4. The van der Waals surface area contributed by atoms with Crippen molar-refractivity contribution in [1.29, 1.82) is 0 Å². The fourth-order valence-electron chi connectivity index (χ4n) is 2.20. The first-order chi connectivity index (χ1) is 8.03. The molecule has 0 radical (unpaired) electrons. The molecule has 7 heteroatoms. The van der Waals surface area contributed by atoms with Crippen molar-refractivity contribution in [3.8, 4) is 0 Å². The zero-order chi connectivity index (χ0) is 14.1. The number of halogens is 3. The molecule has 1 N–H and O–H groups in total. The summed E-state index contributed by atoms with van der Waals surface area (Å²) in [4.78, 5) is 22.6. The normalized spacial score (nSPS) is 23.8. The molecule has 104 valence electrons. The first-order valence-corrected chi connectivity index (χ1v) is 5.62. The number of aliphatic carboxylic acids is 1. The summed E-state index contributed by atoms with van der Waals surface area (Å²) in [5.74, 6) is -3.14. The van der Waals surface area contributed by atoms with Gasteiger partial charge in [-0.1, -0.05) is 13.8 Å². The van der Waals surface area contributed by atoms with Crippen LogP contribution in [0.5, 0.6) is 0 Å². The Bertz CT molecular complexity index is 352. The monoisotopic (exact) mass is 267 g/mol. The van der Waals surface area contributed by atoms with Gasteiger partial charge in [-0.2, -0.15) is 13.2 Å². The average Bonchev–Trinajstić information content (AvgIpc) is 2.17. The Labute approximate surface area is 103 Å². The molecule has 0 bridgehead atoms. The largest absolute Gasteiger partial charge is 0.481 e. The Balaban J connectivity index is 2.91. The molecule has 4 nitrogen and oxygen atoms in total. The second kappa shape index (κ2) is 4.78. The molecule has 1 atom stereocenters. The van der Waals surface area contributed by atoms with Crippen LogP contribution in [-0.4, -0.2) is 40.6 Å². The Hall–Kier alpha value is -1.27. The summed E-state index contributed by atoms with van der Waals surface area (Å²) < 4.78 is 37.4. The van der Waals surface area contributed by atoms with Crippen LogP contribution in [0.1, 0.15) is 33.1 Å². The van der Waals surface area contributed by atoms with E-state index >= 15 is 0 Å². The van der Waals surface area contributed by atoms with Gasteiger partial charge >= 0.3 is 18.1 Å². The van der Waals surface area contributed by atoms with Gasteiger partial charge in [0, 0.05) is 12.6 Å². The summed E-state index contributed by atoms with van der Waals surface area (Å²) in [5, 5.41) is 8.68. The van der Waals surface area contributed by atoms with E-state index in [1.54, 1.807) is 13.8 Å². The van der Waals surface area contributed by atoms with E-state index in [1.165, 1.54) is 0 Å². The number of carboxylic acids is 1. The molecule has 1 unspecified atom stereocenters. The van der Waals surface area contributed by atoms with Gasteiger partial charge in [-0.15, -0.1) is 0 Å². The topological polar surface area (TPSA) is 57.6 Å². The Morgan fingerprint density at radius 3 is 2.39 bits per heavy atom. The summed E-state index contributed by atoms with van der Waals surface area (Å²) in [6, 6.07) is -0.871. The highest BCUT2D eigenvalue weighted by molar-refractivity contribution is 5.83. The fourth-order valence-corrected chi connectivity index (χ4v) is 2.20. The number of hydrogen-bond donors (Lipinski definition) is 1. The number of carboxylic acid groups (broad SMARTS) is 1. The molecule has 1 saturated heterocycles. The lowest BCUT2D eigenvalue weighted by Crippen LogP contribution is -2.54. The van der Waals surface area contributed by atoms with Gasteiger partial charge in [0.15, 0.2) is 0 Å². The van der Waals surface area contributed by atoms with Crippen LogP contribution in [0.25, 0.3) is 0 Å². The minimum Gasteiger partial charge on any atom is -0.481 e. The minimum absolute atomic E-state index is 0.0662. The first kappa shape index (κ1) is 14.8. The van der Waals surface area contributed by atoms with Crippen LogP contribution < -0.4 is 0 Å². The average molecular weight is 267 g/mol. The first-order valence-electron chi connectivity index (χ1n) is 5.62. The van der Waals surface area contributed by atoms with E-state index in [2.05, 4.69) is 0 Å². The predicted molar refractivity (Wildman–Crippen MR) is 56.8 cm³/mol. The highest BCUT2D eigenvalue weighted by Gasteiger charge is 2.47. The molecule has 1 aliphatic rings. The number of carbonyl (C=O) groups excluding carboxylic acids is 1. The van der Waals surface area contributed by atoms with E-state index in [0.717, 1.165) is 0 Å². The predicted octanol–water partition coefficient (Wildman–Crippen LogP) is 2.04. The van der Waals surface area contributed by atoms with E-state index in [0.29, 0.717) is 11.3 Å². The van der Waals surface area contributed by atoms with Crippen molar-refractivity contribution in [3.05, 3.63) is 0 Å². The van der Waals surface area contributed by atoms with Gasteiger partial charge in [-0.05, 0) is 18.3 Å². The Morgan fingerprint density at radius 2 is 1.94 bits per heavy atom. The molecule has 1 fully saturated rings. The molecule has 1 rings (SSSR count). The number of amides is 1. The number of likely N-dealkylation sites (tertiary alicyclic amines) is 1. The van der Waals surface area contributed by atoms with Crippen molar-refractivity contribution < 1.29 is 27.9 Å². The molecule has 0 spiro atoms. The molecule has 0 aromatic carbocycles. The fraction of sp³-hybridized carbons (Fsp3) is 0.818. The maximum Gasteiger partial charge on any atom is 0.471 e. The molecule has 0 aliphatic carbocycles. The molecule has 1 amide bonds. The summed E-state index contributed by atoms with van der Waals surface area (Å²) in [7, 11) is 0. The Morgan fingerprint density at radius 1 is 1.39 bits per heavy atom. The van der Waals surface area contributed by atoms with E-state index in [1.807, 2.05) is 0 Å². The van der Waals surface area contributed by atoms with Gasteiger partial charge < -0.3 is 10.0 Å².